The van der Waals surface area contributed by atoms with Crippen LogP contribution in [0.5, 0.6) is 0 Å². The van der Waals surface area contributed by atoms with Gasteiger partial charge in [-0.05, 0) is 49.9 Å². The molecule has 4 rings (SSSR count). The molecule has 2 aliphatic heterocycles. The molecular formula is C12H17NO. The summed E-state index contributed by atoms with van der Waals surface area (Å²) in [5, 5.41) is 0. The zero-order valence-electron chi connectivity index (χ0n) is 8.48. The minimum Gasteiger partial charge on any atom is -0.316 e. The molecule has 4 aliphatic rings. The first-order valence-electron chi connectivity index (χ1n) is 5.70. The van der Waals surface area contributed by atoms with Crippen molar-refractivity contribution in [2.45, 2.75) is 38.1 Å². The lowest BCUT2D eigenvalue weighted by atomic mass is 9.68. The Bertz CT molecular complexity index is 272. The lowest BCUT2D eigenvalue weighted by Gasteiger charge is -2.37. The molecule has 2 nitrogen and oxygen atoms in total. The van der Waals surface area contributed by atoms with Crippen molar-refractivity contribution in [1.82, 2.24) is 4.90 Å². The van der Waals surface area contributed by atoms with Gasteiger partial charge in [0, 0.05) is 11.7 Å². The number of nitrogens with zero attached hydrogens (tertiary/aromatic N) is 1. The van der Waals surface area contributed by atoms with Gasteiger partial charge in [0.15, 0.2) is 0 Å². The molecule has 2 unspecified atom stereocenters. The van der Waals surface area contributed by atoms with Gasteiger partial charge in [0.25, 0.3) is 0 Å². The fraction of sp³-hybridized carbons (Fsp3) is 0.750. The lowest BCUT2D eigenvalue weighted by molar-refractivity contribution is -0.118. The molecule has 2 aliphatic carbocycles. The standard InChI is InChI=1S/C12H17NO/c1-8-11-3-9-2-10(4-11)6-12(5-9)13(8)7-14/h7,9-12H,1-6H2. The molecule has 0 radical (unpaired) electrons. The van der Waals surface area contributed by atoms with Crippen LogP contribution >= 0.6 is 0 Å². The number of rotatable bonds is 1. The Morgan fingerprint density at radius 3 is 2.36 bits per heavy atom. The summed E-state index contributed by atoms with van der Waals surface area (Å²) in [5.41, 5.74) is 1.11. The highest BCUT2D eigenvalue weighted by atomic mass is 16.1. The Kier molecular flexibility index (Phi) is 1.73. The van der Waals surface area contributed by atoms with Gasteiger partial charge in [-0.3, -0.25) is 4.79 Å². The number of allylic oxidation sites excluding steroid dienone is 1. The van der Waals surface area contributed by atoms with Crippen LogP contribution in [0.3, 0.4) is 0 Å². The van der Waals surface area contributed by atoms with Crippen LogP contribution in [0.4, 0.5) is 0 Å². The third-order valence-electron chi connectivity index (χ3n) is 4.42. The summed E-state index contributed by atoms with van der Waals surface area (Å²) in [5.74, 6) is 2.36. The molecule has 2 atom stereocenters. The molecular weight excluding hydrogens is 174 g/mol. The van der Waals surface area contributed by atoms with Crippen LogP contribution in [-0.2, 0) is 4.79 Å². The van der Waals surface area contributed by atoms with Crippen molar-refractivity contribution in [3.8, 4) is 0 Å². The van der Waals surface area contributed by atoms with E-state index in [9.17, 15) is 4.79 Å². The highest BCUT2D eigenvalue weighted by Gasteiger charge is 2.44. The Morgan fingerprint density at radius 1 is 1.14 bits per heavy atom. The summed E-state index contributed by atoms with van der Waals surface area (Å²) in [6.07, 6.45) is 7.45. The summed E-state index contributed by atoms with van der Waals surface area (Å²) in [4.78, 5) is 13.0. The van der Waals surface area contributed by atoms with E-state index in [0.29, 0.717) is 12.0 Å². The maximum atomic E-state index is 11.1. The minimum absolute atomic E-state index is 0.483. The molecule has 0 aromatic carbocycles. The first kappa shape index (κ1) is 8.51. The van der Waals surface area contributed by atoms with Gasteiger partial charge < -0.3 is 4.90 Å². The van der Waals surface area contributed by atoms with Gasteiger partial charge >= 0.3 is 0 Å². The molecule has 0 aromatic rings. The van der Waals surface area contributed by atoms with E-state index >= 15 is 0 Å². The topological polar surface area (TPSA) is 20.3 Å². The molecule has 14 heavy (non-hydrogen) atoms. The molecule has 2 heterocycles. The van der Waals surface area contributed by atoms with Crippen molar-refractivity contribution in [1.29, 1.82) is 0 Å². The molecule has 0 spiro atoms. The predicted octanol–water partition coefficient (Wildman–Crippen LogP) is 2.17. The van der Waals surface area contributed by atoms with Gasteiger partial charge in [-0.25, -0.2) is 0 Å². The number of fused-ring (bicyclic) bond motifs is 1. The van der Waals surface area contributed by atoms with Crippen molar-refractivity contribution >= 4 is 6.41 Å². The fourth-order valence-electron chi connectivity index (χ4n) is 3.91. The Hall–Kier alpha value is -0.790. The zero-order chi connectivity index (χ0) is 9.71. The fourth-order valence-corrected chi connectivity index (χ4v) is 3.91. The molecule has 4 bridgehead atoms. The van der Waals surface area contributed by atoms with E-state index in [1.807, 2.05) is 4.90 Å². The summed E-state index contributed by atoms with van der Waals surface area (Å²) in [7, 11) is 0. The molecule has 1 amide bonds. The van der Waals surface area contributed by atoms with Crippen LogP contribution in [-0.4, -0.2) is 17.4 Å². The quantitative estimate of drug-likeness (QED) is 0.582. The second-order valence-electron chi connectivity index (χ2n) is 5.27. The second kappa shape index (κ2) is 2.85. The van der Waals surface area contributed by atoms with Crippen molar-refractivity contribution in [2.24, 2.45) is 17.8 Å². The number of amides is 1. The number of carbonyl (C=O) groups excluding carboxylic acids is 1. The average Bonchev–Trinajstić information content (AvgIpc) is 2.29. The number of carbonyl (C=O) groups is 1. The first-order valence-corrected chi connectivity index (χ1v) is 5.70. The van der Waals surface area contributed by atoms with Crippen molar-refractivity contribution in [2.75, 3.05) is 0 Å². The van der Waals surface area contributed by atoms with Crippen LogP contribution in [0.1, 0.15) is 32.1 Å². The Labute approximate surface area is 85.0 Å². The zero-order valence-corrected chi connectivity index (χ0v) is 8.48. The van der Waals surface area contributed by atoms with E-state index in [-0.39, 0.29) is 0 Å². The van der Waals surface area contributed by atoms with Crippen molar-refractivity contribution in [3.63, 3.8) is 0 Å². The third kappa shape index (κ3) is 1.06. The van der Waals surface area contributed by atoms with Crippen LogP contribution in [0.25, 0.3) is 0 Å². The smallest absolute Gasteiger partial charge is 0.214 e. The molecule has 0 aromatic heterocycles. The van der Waals surface area contributed by atoms with Crippen molar-refractivity contribution in [3.05, 3.63) is 12.3 Å². The van der Waals surface area contributed by atoms with Gasteiger partial charge in [0.1, 0.15) is 0 Å². The first-order chi connectivity index (χ1) is 6.78. The van der Waals surface area contributed by atoms with E-state index < -0.39 is 0 Å². The molecule has 76 valence electrons. The monoisotopic (exact) mass is 191 g/mol. The molecule has 0 N–H and O–H groups in total. The normalized spacial score (nSPS) is 45.4. The van der Waals surface area contributed by atoms with Gasteiger partial charge in [-0.15, -0.1) is 0 Å². The summed E-state index contributed by atoms with van der Waals surface area (Å²) >= 11 is 0. The largest absolute Gasteiger partial charge is 0.316 e. The summed E-state index contributed by atoms with van der Waals surface area (Å²) in [6, 6.07) is 0.483. The van der Waals surface area contributed by atoms with Crippen molar-refractivity contribution < 1.29 is 4.79 Å². The van der Waals surface area contributed by atoms with Crippen LogP contribution < -0.4 is 0 Å². The number of hydrogen-bond acceptors (Lipinski definition) is 1. The van der Waals surface area contributed by atoms with E-state index in [4.69, 9.17) is 0 Å². The van der Waals surface area contributed by atoms with Gasteiger partial charge in [0.05, 0.1) is 0 Å². The second-order valence-corrected chi connectivity index (χ2v) is 5.27. The lowest BCUT2D eigenvalue weighted by Crippen LogP contribution is -2.36. The highest BCUT2D eigenvalue weighted by Crippen LogP contribution is 2.50. The van der Waals surface area contributed by atoms with Crippen LogP contribution in [0.2, 0.25) is 0 Å². The summed E-state index contributed by atoms with van der Waals surface area (Å²) < 4.78 is 0. The van der Waals surface area contributed by atoms with Gasteiger partial charge in [-0.2, -0.15) is 0 Å². The van der Waals surface area contributed by atoms with E-state index in [1.54, 1.807) is 0 Å². The van der Waals surface area contributed by atoms with Gasteiger partial charge in [0.2, 0.25) is 6.41 Å². The maximum absolute atomic E-state index is 11.1. The van der Waals surface area contributed by atoms with E-state index in [2.05, 4.69) is 6.58 Å². The Morgan fingerprint density at radius 2 is 1.79 bits per heavy atom. The third-order valence-corrected chi connectivity index (χ3v) is 4.42. The maximum Gasteiger partial charge on any atom is 0.214 e. The molecule has 2 saturated heterocycles. The van der Waals surface area contributed by atoms with Gasteiger partial charge in [-0.1, -0.05) is 6.58 Å². The Balaban J connectivity index is 1.99. The molecule has 2 saturated carbocycles. The predicted molar refractivity (Wildman–Crippen MR) is 54.4 cm³/mol. The van der Waals surface area contributed by atoms with Crippen LogP contribution in [0.15, 0.2) is 12.3 Å². The number of hydrogen-bond donors (Lipinski definition) is 0. The minimum atomic E-state index is 0.483. The van der Waals surface area contributed by atoms with Crippen LogP contribution in [0, 0.1) is 17.8 Å². The molecule has 4 fully saturated rings. The SMILES string of the molecule is C=C1C2CC3CC(C2)CC(C3)N1C=O. The average molecular weight is 191 g/mol. The summed E-state index contributed by atoms with van der Waals surface area (Å²) in [6.45, 7) is 4.12. The van der Waals surface area contributed by atoms with E-state index in [1.165, 1.54) is 32.1 Å². The van der Waals surface area contributed by atoms with E-state index in [0.717, 1.165) is 23.9 Å². The molecule has 2 heteroatoms. The highest BCUT2D eigenvalue weighted by molar-refractivity contribution is 5.52.